The van der Waals surface area contributed by atoms with Crippen LogP contribution in [0, 0.1) is 0 Å². The maximum Gasteiger partial charge on any atom is 0.309 e. The molecule has 0 aliphatic heterocycles. The normalized spacial score (nSPS) is 14.6. The number of aliphatic hydroxyl groups is 2. The van der Waals surface area contributed by atoms with Gasteiger partial charge in [0.15, 0.2) is 0 Å². The van der Waals surface area contributed by atoms with E-state index in [1.54, 1.807) is 20.8 Å². The minimum Gasteiger partial charge on any atom is -0.469 e. The molecule has 0 aromatic carbocycles. The summed E-state index contributed by atoms with van der Waals surface area (Å²) < 4.78 is 23.6. The highest BCUT2D eigenvalue weighted by molar-refractivity contribution is 5.74. The molecule has 0 amide bonds. The fourth-order valence-electron chi connectivity index (χ4n) is 2.30. The van der Waals surface area contributed by atoms with Crippen LogP contribution in [0.4, 0.5) is 0 Å². The van der Waals surface area contributed by atoms with Crippen LogP contribution in [0.3, 0.4) is 0 Å². The Balaban J connectivity index is 0. The number of carbonyl (C=O) groups excluding carboxylic acids is 5. The quantitative estimate of drug-likeness (QED) is 0.273. The van der Waals surface area contributed by atoms with E-state index < -0.39 is 60.4 Å². The van der Waals surface area contributed by atoms with Gasteiger partial charge in [0.1, 0.15) is 18.3 Å². The second-order valence-electron chi connectivity index (χ2n) is 7.77. The molecule has 0 fully saturated rings. The Morgan fingerprint density at radius 3 is 0.971 bits per heavy atom. The van der Waals surface area contributed by atoms with Gasteiger partial charge in [0, 0.05) is 0 Å². The van der Waals surface area contributed by atoms with Crippen LogP contribution in [-0.2, 0) is 47.7 Å². The smallest absolute Gasteiger partial charge is 0.309 e. The van der Waals surface area contributed by atoms with E-state index in [2.05, 4.69) is 9.47 Å². The Morgan fingerprint density at radius 2 is 0.735 bits per heavy atom. The van der Waals surface area contributed by atoms with Crippen LogP contribution in [0.5, 0.6) is 0 Å². The van der Waals surface area contributed by atoms with Gasteiger partial charge in [-0.3, -0.25) is 24.0 Å². The van der Waals surface area contributed by atoms with Gasteiger partial charge in [-0.2, -0.15) is 0 Å². The highest BCUT2D eigenvalue weighted by Crippen LogP contribution is 2.07. The number of aliphatic hydroxyl groups excluding tert-OH is 2. The lowest BCUT2D eigenvalue weighted by molar-refractivity contribution is -0.159. The maximum atomic E-state index is 11.5. The second-order valence-corrected chi connectivity index (χ2v) is 7.77. The molecule has 0 radical (unpaired) electrons. The standard InChI is InChI=1S/C13H22O7.C9H16O5/c1-8(14)5-12(16)19-10(3)7-13(17)20-9(2)6-11(15)18-4;1-6(10)4-9(12)14-7(2)5-8(11)13-3/h8-10,14H,5-7H2,1-4H3;6-7,10H,4-5H2,1-3H3. The maximum absolute atomic E-state index is 11.5. The van der Waals surface area contributed by atoms with Crippen LogP contribution in [0.1, 0.15) is 66.7 Å². The van der Waals surface area contributed by atoms with Crippen LogP contribution in [0.2, 0.25) is 0 Å². The van der Waals surface area contributed by atoms with E-state index in [0.29, 0.717) is 0 Å². The molecular formula is C22H38O12. The lowest BCUT2D eigenvalue weighted by Gasteiger charge is -2.16. The van der Waals surface area contributed by atoms with Crippen molar-refractivity contribution in [1.82, 2.24) is 0 Å². The largest absolute Gasteiger partial charge is 0.469 e. The molecule has 2 N–H and O–H groups in total. The van der Waals surface area contributed by atoms with Crippen LogP contribution in [-0.4, -0.2) is 84.8 Å². The first-order chi connectivity index (χ1) is 15.7. The number of esters is 5. The summed E-state index contributed by atoms with van der Waals surface area (Å²) in [6.07, 6.45) is -3.60. The molecule has 5 atom stereocenters. The molecule has 0 aromatic rings. The van der Waals surface area contributed by atoms with Crippen molar-refractivity contribution in [3.63, 3.8) is 0 Å². The summed E-state index contributed by atoms with van der Waals surface area (Å²) in [5, 5.41) is 17.9. The first kappa shape index (κ1) is 33.4. The molecule has 12 nitrogen and oxygen atoms in total. The monoisotopic (exact) mass is 494 g/mol. The lowest BCUT2D eigenvalue weighted by Crippen LogP contribution is -2.25. The van der Waals surface area contributed by atoms with Crippen molar-refractivity contribution in [2.24, 2.45) is 0 Å². The minimum absolute atomic E-state index is 0.0293. The summed E-state index contributed by atoms with van der Waals surface area (Å²) in [6.45, 7) is 7.67. The number of rotatable bonds is 13. The topological polar surface area (TPSA) is 172 Å². The summed E-state index contributed by atoms with van der Waals surface area (Å²) in [6, 6.07) is 0. The zero-order valence-corrected chi connectivity index (χ0v) is 20.9. The molecule has 0 heterocycles. The SMILES string of the molecule is COC(=O)CC(C)OC(=O)CC(C)O.COC(=O)CC(C)OC(=O)CC(C)OC(=O)CC(C)O. The number of carbonyl (C=O) groups is 5. The molecule has 12 heteroatoms. The minimum atomic E-state index is -0.790. The number of methoxy groups -OCH3 is 2. The van der Waals surface area contributed by atoms with Gasteiger partial charge in [-0.05, 0) is 34.6 Å². The highest BCUT2D eigenvalue weighted by Gasteiger charge is 2.19. The van der Waals surface area contributed by atoms with Crippen LogP contribution >= 0.6 is 0 Å². The average molecular weight is 495 g/mol. The molecule has 0 saturated carbocycles. The summed E-state index contributed by atoms with van der Waals surface area (Å²) in [5.74, 6) is -2.57. The highest BCUT2D eigenvalue weighted by atomic mass is 16.6. The molecule has 0 aromatic heterocycles. The molecule has 0 spiro atoms. The molecule has 5 unspecified atom stereocenters. The van der Waals surface area contributed by atoms with E-state index in [1.165, 1.54) is 28.1 Å². The predicted octanol–water partition coefficient (Wildman–Crippen LogP) is 0.826. The predicted molar refractivity (Wildman–Crippen MR) is 117 cm³/mol. The third kappa shape index (κ3) is 21.1. The van der Waals surface area contributed by atoms with Gasteiger partial charge in [-0.15, -0.1) is 0 Å². The Bertz CT molecular complexity index is 644. The molecule has 34 heavy (non-hydrogen) atoms. The fraction of sp³-hybridized carbons (Fsp3) is 0.773. The van der Waals surface area contributed by atoms with E-state index in [0.717, 1.165) is 0 Å². The zero-order chi connectivity index (χ0) is 26.8. The van der Waals surface area contributed by atoms with Gasteiger partial charge in [0.05, 0.1) is 58.5 Å². The van der Waals surface area contributed by atoms with Crippen molar-refractivity contribution in [3.05, 3.63) is 0 Å². The first-order valence-electron chi connectivity index (χ1n) is 10.8. The van der Waals surface area contributed by atoms with Crippen molar-refractivity contribution in [2.45, 2.75) is 97.2 Å². The molecule has 0 rings (SSSR count). The Kier molecular flexibility index (Phi) is 18.4. The van der Waals surface area contributed by atoms with Crippen LogP contribution < -0.4 is 0 Å². The molecular weight excluding hydrogens is 456 g/mol. The summed E-state index contributed by atoms with van der Waals surface area (Å²) in [4.78, 5) is 55.5. The Labute approximate surface area is 199 Å². The van der Waals surface area contributed by atoms with Gasteiger partial charge < -0.3 is 33.9 Å². The Hall–Kier alpha value is -2.73. The van der Waals surface area contributed by atoms with Crippen molar-refractivity contribution in [3.8, 4) is 0 Å². The lowest BCUT2D eigenvalue weighted by atomic mass is 10.2. The van der Waals surface area contributed by atoms with E-state index in [-0.39, 0.29) is 32.1 Å². The summed E-state index contributed by atoms with van der Waals surface area (Å²) in [7, 11) is 2.52. The molecule has 0 aliphatic rings. The van der Waals surface area contributed by atoms with Crippen molar-refractivity contribution >= 4 is 29.8 Å². The van der Waals surface area contributed by atoms with E-state index >= 15 is 0 Å². The van der Waals surface area contributed by atoms with E-state index in [9.17, 15) is 24.0 Å². The zero-order valence-electron chi connectivity index (χ0n) is 20.9. The summed E-state index contributed by atoms with van der Waals surface area (Å²) >= 11 is 0. The van der Waals surface area contributed by atoms with Crippen molar-refractivity contribution in [2.75, 3.05) is 14.2 Å². The fourth-order valence-corrected chi connectivity index (χ4v) is 2.30. The molecule has 0 aliphatic carbocycles. The van der Waals surface area contributed by atoms with Gasteiger partial charge in [0.25, 0.3) is 0 Å². The molecule has 0 saturated heterocycles. The third-order valence-electron chi connectivity index (χ3n) is 3.74. The van der Waals surface area contributed by atoms with Crippen molar-refractivity contribution < 1.29 is 57.9 Å². The summed E-state index contributed by atoms with van der Waals surface area (Å²) in [5.41, 5.74) is 0. The molecule has 198 valence electrons. The first-order valence-corrected chi connectivity index (χ1v) is 10.8. The second kappa shape index (κ2) is 18.7. The van der Waals surface area contributed by atoms with Crippen molar-refractivity contribution in [1.29, 1.82) is 0 Å². The van der Waals surface area contributed by atoms with Gasteiger partial charge >= 0.3 is 29.8 Å². The average Bonchev–Trinajstić information content (AvgIpc) is 2.65. The number of hydrogen-bond acceptors (Lipinski definition) is 12. The van der Waals surface area contributed by atoms with Gasteiger partial charge in [0.2, 0.25) is 0 Å². The number of hydrogen-bond donors (Lipinski definition) is 2. The van der Waals surface area contributed by atoms with Crippen LogP contribution in [0.15, 0.2) is 0 Å². The van der Waals surface area contributed by atoms with Gasteiger partial charge in [-0.25, -0.2) is 0 Å². The Morgan fingerprint density at radius 1 is 0.500 bits per heavy atom. The third-order valence-corrected chi connectivity index (χ3v) is 3.74. The molecule has 0 bridgehead atoms. The van der Waals surface area contributed by atoms with E-state index in [1.807, 2.05) is 0 Å². The number of ether oxygens (including phenoxy) is 5. The van der Waals surface area contributed by atoms with Crippen LogP contribution in [0.25, 0.3) is 0 Å². The van der Waals surface area contributed by atoms with E-state index in [4.69, 9.17) is 24.4 Å². The van der Waals surface area contributed by atoms with Gasteiger partial charge in [-0.1, -0.05) is 0 Å².